The molecule has 0 aromatic heterocycles. The molecule has 0 bridgehead atoms. The van der Waals surface area contributed by atoms with Gasteiger partial charge in [-0.2, -0.15) is 0 Å². The van der Waals surface area contributed by atoms with Gasteiger partial charge in [-0.25, -0.2) is 4.39 Å². The summed E-state index contributed by atoms with van der Waals surface area (Å²) in [5.74, 6) is -1.18. The van der Waals surface area contributed by atoms with Crippen molar-refractivity contribution in [2.45, 2.75) is 6.36 Å². The van der Waals surface area contributed by atoms with Crippen LogP contribution in [-0.4, -0.2) is 46.1 Å². The maximum atomic E-state index is 13.3. The number of para-hydroxylation sites is 1. The summed E-state index contributed by atoms with van der Waals surface area (Å²) in [5.41, 5.74) is -0.103. The third-order valence-corrected chi connectivity index (χ3v) is 2.47. The number of halogens is 15. The number of benzene rings is 2. The van der Waals surface area contributed by atoms with Crippen LogP contribution >= 0.6 is 0 Å². The van der Waals surface area contributed by atoms with Crippen LogP contribution in [0, 0.1) is 11.2 Å². The fraction of sp³-hybridized carbons (Fsp3) is 0.0769. The number of ether oxygens (including phenoxy) is 1. The van der Waals surface area contributed by atoms with Crippen molar-refractivity contribution in [1.82, 2.24) is 0 Å². The Morgan fingerprint density at radius 1 is 0.788 bits per heavy atom. The van der Waals surface area contributed by atoms with Crippen molar-refractivity contribution in [3.8, 4) is 16.9 Å². The summed E-state index contributed by atoms with van der Waals surface area (Å²) in [6.07, 6.45) is -4.88. The number of diazo groups is 1. The second kappa shape index (κ2) is 9.13. The molecule has 0 saturated heterocycles. The number of nitrogens with zero attached hydrogens (tertiary/aromatic N) is 2. The summed E-state index contributed by atoms with van der Waals surface area (Å²) in [6.45, 7) is 0. The molecule has 0 heterocycles. The predicted octanol–water partition coefficient (Wildman–Crippen LogP) is 8.74. The van der Waals surface area contributed by atoms with Gasteiger partial charge < -0.3 is 4.74 Å². The summed E-state index contributed by atoms with van der Waals surface area (Å²) >= 11 is -20.4. The molecule has 190 valence electrons. The Kier molecular flexibility index (Phi) is 8.64. The van der Waals surface area contributed by atoms with Crippen LogP contribution in [0.1, 0.15) is 0 Å². The van der Waals surface area contributed by atoms with E-state index in [-0.39, 0.29) is 16.8 Å². The number of hydrogen-bond acceptors (Lipinski definition) is 2. The van der Waals surface area contributed by atoms with E-state index in [0.29, 0.717) is 0 Å². The van der Waals surface area contributed by atoms with E-state index in [9.17, 15) is 48.5 Å². The third kappa shape index (κ3) is 21.8. The van der Waals surface area contributed by atoms with Crippen molar-refractivity contribution in [2.75, 3.05) is 0 Å². The zero-order valence-electron chi connectivity index (χ0n) is 14.9. The molecule has 0 radical (unpaired) electrons. The Hall–Kier alpha value is -1.75. The molecule has 2 rings (SSSR count). The van der Waals surface area contributed by atoms with E-state index in [4.69, 9.17) is 5.39 Å². The van der Waals surface area contributed by atoms with Gasteiger partial charge >= 0.3 is 82.8 Å². The summed E-state index contributed by atoms with van der Waals surface area (Å²) < 4.78 is 163. The Labute approximate surface area is 180 Å². The van der Waals surface area contributed by atoms with Gasteiger partial charge in [0.25, 0.3) is 0 Å². The predicted molar refractivity (Wildman–Crippen MR) is 87.0 cm³/mol. The molecular formula is C13H7F15N2OSb2. The molecule has 3 nitrogen and oxygen atoms in total. The van der Waals surface area contributed by atoms with Crippen LogP contribution in [0.25, 0.3) is 16.1 Å². The van der Waals surface area contributed by atoms with Gasteiger partial charge in [0, 0.05) is 11.6 Å². The second-order valence-electron chi connectivity index (χ2n) is 5.40. The number of rotatable bonds is 2. The maximum absolute atomic E-state index is 13.3. The molecule has 33 heavy (non-hydrogen) atoms. The van der Waals surface area contributed by atoms with Gasteiger partial charge in [0.15, 0.2) is 4.98 Å². The molecular weight excluding hydrogens is 729 g/mol. The van der Waals surface area contributed by atoms with Crippen molar-refractivity contribution in [3.05, 3.63) is 53.3 Å². The number of alkyl halides is 3. The van der Waals surface area contributed by atoms with Crippen molar-refractivity contribution >= 4 is 45.5 Å². The van der Waals surface area contributed by atoms with Crippen molar-refractivity contribution in [2.24, 2.45) is 0 Å². The molecule has 0 atom stereocenters. The molecule has 0 amide bonds. The van der Waals surface area contributed by atoms with E-state index in [1.807, 2.05) is 0 Å². The minimum absolute atomic E-state index is 0.00708. The molecule has 2 aromatic carbocycles. The molecule has 0 saturated carbocycles. The van der Waals surface area contributed by atoms with Gasteiger partial charge in [-0.1, -0.05) is 18.2 Å². The zero-order valence-corrected chi connectivity index (χ0v) is 20.0. The van der Waals surface area contributed by atoms with Crippen LogP contribution in [0.4, 0.5) is 54.2 Å². The molecule has 0 fully saturated rings. The topological polar surface area (TPSA) is 37.4 Å². The third-order valence-electron chi connectivity index (χ3n) is 2.47. The minimum atomic E-state index is -11.2. The Bertz CT molecular complexity index is 993. The Morgan fingerprint density at radius 3 is 1.61 bits per heavy atom. The first-order valence-electron chi connectivity index (χ1n) is 7.26. The van der Waals surface area contributed by atoms with Crippen LogP contribution in [0.15, 0.2) is 42.5 Å². The molecule has 0 aliphatic rings. The SMILES string of the molecule is N#[N+]c1ccc(F)cc1-c1ccccc1OC(F)(F)F.[F][Sb-]([F])([F])([F])([F])[F].[F][Sb]([F])([F])([F])[F]. The van der Waals surface area contributed by atoms with E-state index in [2.05, 4.69) is 9.71 Å². The van der Waals surface area contributed by atoms with Crippen LogP contribution < -0.4 is 4.74 Å². The molecule has 0 unspecified atom stereocenters. The summed E-state index contributed by atoms with van der Waals surface area (Å²) in [6, 6.07) is 8.36. The average molecular weight is 736 g/mol. The van der Waals surface area contributed by atoms with Crippen LogP contribution in [0.3, 0.4) is 0 Å². The van der Waals surface area contributed by atoms with Crippen molar-refractivity contribution in [3.63, 3.8) is 0 Å². The van der Waals surface area contributed by atoms with Gasteiger partial charge in [0.1, 0.15) is 11.6 Å². The van der Waals surface area contributed by atoms with Gasteiger partial charge in [-0.15, -0.1) is 13.2 Å². The molecule has 0 N–H and O–H groups in total. The monoisotopic (exact) mass is 734 g/mol. The molecule has 0 spiro atoms. The van der Waals surface area contributed by atoms with E-state index < -0.39 is 57.7 Å². The second-order valence-corrected chi connectivity index (χ2v) is 14.5. The van der Waals surface area contributed by atoms with Gasteiger partial charge in [0.05, 0.1) is 5.56 Å². The fourth-order valence-corrected chi connectivity index (χ4v) is 1.71. The molecule has 0 aliphatic carbocycles. The summed E-state index contributed by atoms with van der Waals surface area (Å²) in [4.78, 5) is 2.92. The quantitative estimate of drug-likeness (QED) is 0.176. The van der Waals surface area contributed by atoms with Gasteiger partial charge in [0.2, 0.25) is 5.39 Å². The van der Waals surface area contributed by atoms with Crippen molar-refractivity contribution in [1.29, 1.82) is 5.39 Å². The van der Waals surface area contributed by atoms with Gasteiger partial charge in [-0.05, 0) is 18.2 Å². The van der Waals surface area contributed by atoms with Crippen LogP contribution in [-0.2, 0) is 0 Å². The van der Waals surface area contributed by atoms with Crippen molar-refractivity contribution < 1.29 is 53.2 Å². The standard InChI is InChI=1S/C13H7F4N2O.11FH.2Sb/c14-8-5-6-11(19-18)10(7-8)9-3-1-2-4-12(9)20-13(15,16)17;;;;;;;;;;;;;/h1-7H;11*1H;;/q+1;;;;;;;;;;;;2*+5/p-11. The molecule has 0 aliphatic heterocycles. The Morgan fingerprint density at radius 2 is 1.21 bits per heavy atom. The summed E-state index contributed by atoms with van der Waals surface area (Å²) in [7, 11) is 0. The first-order valence-corrected chi connectivity index (χ1v) is 17.9. The van der Waals surface area contributed by atoms with E-state index in [1.165, 1.54) is 18.2 Å². The van der Waals surface area contributed by atoms with Gasteiger partial charge in [-0.3, -0.25) is 0 Å². The fourth-order valence-electron chi connectivity index (χ4n) is 1.71. The zero-order chi connectivity index (χ0) is 26.6. The molecule has 20 heteroatoms. The van der Waals surface area contributed by atoms with E-state index in [1.54, 1.807) is 0 Å². The first-order chi connectivity index (χ1) is 14.1. The number of hydrogen-bond donors (Lipinski definition) is 0. The first kappa shape index (κ1) is 31.2. The van der Waals surface area contributed by atoms with Crippen LogP contribution in [0.2, 0.25) is 0 Å². The Balaban J connectivity index is 0.000000650. The normalized spacial score (nSPS) is 15.0. The van der Waals surface area contributed by atoms with Crippen LogP contribution in [0.5, 0.6) is 5.75 Å². The van der Waals surface area contributed by atoms with E-state index in [0.717, 1.165) is 24.3 Å². The summed E-state index contributed by atoms with van der Waals surface area (Å²) in [5, 5.41) is 8.83. The molecule has 2 aromatic rings. The van der Waals surface area contributed by atoms with E-state index >= 15 is 0 Å². The average Bonchev–Trinajstić information content (AvgIpc) is 2.48.